The minimum atomic E-state index is 0.370. The van der Waals surface area contributed by atoms with Crippen molar-refractivity contribution in [1.82, 2.24) is 5.32 Å². The second kappa shape index (κ2) is 6.05. The lowest BCUT2D eigenvalue weighted by Crippen LogP contribution is -2.36. The molecule has 0 aliphatic carbocycles. The predicted molar refractivity (Wildman–Crippen MR) is 76.1 cm³/mol. The molecular formula is C15H22ClNO. The zero-order valence-electron chi connectivity index (χ0n) is 11.3. The highest BCUT2D eigenvalue weighted by molar-refractivity contribution is 6.31. The van der Waals surface area contributed by atoms with Crippen molar-refractivity contribution >= 4 is 11.6 Å². The quantitative estimate of drug-likeness (QED) is 0.901. The number of benzene rings is 1. The number of halogens is 1. The fraction of sp³-hybridized carbons (Fsp3) is 0.600. The van der Waals surface area contributed by atoms with Crippen LogP contribution < -0.4 is 5.32 Å². The molecule has 0 unspecified atom stereocenters. The molecule has 0 bridgehead atoms. The zero-order valence-corrected chi connectivity index (χ0v) is 12.0. The fourth-order valence-corrected chi connectivity index (χ4v) is 2.64. The normalized spacial score (nSPS) is 18.8. The van der Waals surface area contributed by atoms with E-state index in [-0.39, 0.29) is 0 Å². The van der Waals surface area contributed by atoms with Crippen molar-refractivity contribution in [2.75, 3.05) is 19.8 Å². The van der Waals surface area contributed by atoms with Crippen LogP contribution in [0.3, 0.4) is 0 Å². The van der Waals surface area contributed by atoms with E-state index in [9.17, 15) is 0 Å². The Kier molecular flexibility index (Phi) is 4.66. The van der Waals surface area contributed by atoms with Gasteiger partial charge in [0.15, 0.2) is 0 Å². The lowest BCUT2D eigenvalue weighted by molar-refractivity contribution is 0.0240. The highest BCUT2D eigenvalue weighted by Crippen LogP contribution is 2.28. The third-order valence-corrected chi connectivity index (χ3v) is 4.13. The maximum absolute atomic E-state index is 6.23. The van der Waals surface area contributed by atoms with Gasteiger partial charge in [0.1, 0.15) is 0 Å². The molecule has 0 aromatic heterocycles. The van der Waals surface area contributed by atoms with Gasteiger partial charge in [0, 0.05) is 31.3 Å². The number of hydrogen-bond acceptors (Lipinski definition) is 2. The minimum Gasteiger partial charge on any atom is -0.381 e. The van der Waals surface area contributed by atoms with E-state index >= 15 is 0 Å². The second-order valence-corrected chi connectivity index (χ2v) is 6.03. The number of ether oxygens (including phenoxy) is 1. The van der Waals surface area contributed by atoms with E-state index in [1.165, 1.54) is 11.1 Å². The Bertz CT molecular complexity index is 399. The standard InChI is InChI=1S/C15H22ClNO/c1-12-3-4-13(14(16)9-12)10-17-11-15(2)5-7-18-8-6-15/h3-4,9,17H,5-8,10-11H2,1-2H3. The topological polar surface area (TPSA) is 21.3 Å². The molecule has 1 aliphatic rings. The second-order valence-electron chi connectivity index (χ2n) is 5.62. The first kappa shape index (κ1) is 13.9. The van der Waals surface area contributed by atoms with Gasteiger partial charge in [-0.25, -0.2) is 0 Å². The number of hydrogen-bond donors (Lipinski definition) is 1. The molecule has 2 nitrogen and oxygen atoms in total. The summed E-state index contributed by atoms with van der Waals surface area (Å²) in [5.74, 6) is 0. The molecule has 1 fully saturated rings. The highest BCUT2D eigenvalue weighted by atomic mass is 35.5. The van der Waals surface area contributed by atoms with Crippen molar-refractivity contribution in [2.24, 2.45) is 5.41 Å². The maximum atomic E-state index is 6.23. The summed E-state index contributed by atoms with van der Waals surface area (Å²) in [6, 6.07) is 6.24. The van der Waals surface area contributed by atoms with Crippen LogP contribution in [0.2, 0.25) is 5.02 Å². The molecule has 0 radical (unpaired) electrons. The SMILES string of the molecule is Cc1ccc(CNCC2(C)CCOCC2)c(Cl)c1. The van der Waals surface area contributed by atoms with Crippen LogP contribution in [-0.2, 0) is 11.3 Å². The van der Waals surface area contributed by atoms with Crippen LogP contribution in [0.25, 0.3) is 0 Å². The smallest absolute Gasteiger partial charge is 0.0471 e. The van der Waals surface area contributed by atoms with E-state index in [0.29, 0.717) is 5.41 Å². The van der Waals surface area contributed by atoms with Crippen molar-refractivity contribution in [3.63, 3.8) is 0 Å². The Balaban J connectivity index is 1.84. The fourth-order valence-electron chi connectivity index (χ4n) is 2.34. The molecule has 18 heavy (non-hydrogen) atoms. The summed E-state index contributed by atoms with van der Waals surface area (Å²) < 4.78 is 5.41. The molecule has 0 saturated carbocycles. The van der Waals surface area contributed by atoms with Crippen LogP contribution in [0.1, 0.15) is 30.9 Å². The molecule has 3 heteroatoms. The molecule has 100 valence electrons. The van der Waals surface area contributed by atoms with Gasteiger partial charge in [-0.2, -0.15) is 0 Å². The van der Waals surface area contributed by atoms with Gasteiger partial charge < -0.3 is 10.1 Å². The summed E-state index contributed by atoms with van der Waals surface area (Å²) in [5, 5.41) is 4.39. The molecule has 0 atom stereocenters. The molecule has 1 aliphatic heterocycles. The highest BCUT2D eigenvalue weighted by Gasteiger charge is 2.26. The molecule has 1 heterocycles. The first-order chi connectivity index (χ1) is 8.59. The van der Waals surface area contributed by atoms with Gasteiger partial charge in [-0.1, -0.05) is 30.7 Å². The lowest BCUT2D eigenvalue weighted by Gasteiger charge is -2.33. The van der Waals surface area contributed by atoms with Gasteiger partial charge in [-0.05, 0) is 42.4 Å². The Morgan fingerprint density at radius 2 is 2.06 bits per heavy atom. The van der Waals surface area contributed by atoms with E-state index in [2.05, 4.69) is 31.3 Å². The molecule has 1 aromatic carbocycles. The number of rotatable bonds is 4. The average molecular weight is 268 g/mol. The van der Waals surface area contributed by atoms with Crippen LogP contribution in [-0.4, -0.2) is 19.8 Å². The lowest BCUT2D eigenvalue weighted by atomic mass is 9.82. The van der Waals surface area contributed by atoms with E-state index in [0.717, 1.165) is 44.2 Å². The van der Waals surface area contributed by atoms with Crippen LogP contribution >= 0.6 is 11.6 Å². The van der Waals surface area contributed by atoms with Gasteiger partial charge in [0.25, 0.3) is 0 Å². The summed E-state index contributed by atoms with van der Waals surface area (Å²) in [6.07, 6.45) is 2.28. The molecule has 0 amide bonds. The Morgan fingerprint density at radius 1 is 1.33 bits per heavy atom. The molecular weight excluding hydrogens is 246 g/mol. The summed E-state index contributed by atoms with van der Waals surface area (Å²) in [6.45, 7) is 8.05. The zero-order chi connectivity index (χ0) is 13.0. The van der Waals surface area contributed by atoms with E-state index in [4.69, 9.17) is 16.3 Å². The Morgan fingerprint density at radius 3 is 2.72 bits per heavy atom. The first-order valence-corrected chi connectivity index (χ1v) is 7.00. The van der Waals surface area contributed by atoms with Crippen LogP contribution in [0.5, 0.6) is 0 Å². The number of aryl methyl sites for hydroxylation is 1. The monoisotopic (exact) mass is 267 g/mol. The number of nitrogens with one attached hydrogen (secondary N) is 1. The maximum Gasteiger partial charge on any atom is 0.0471 e. The molecule has 0 spiro atoms. The van der Waals surface area contributed by atoms with Gasteiger partial charge >= 0.3 is 0 Å². The minimum absolute atomic E-state index is 0.370. The Hall–Kier alpha value is -0.570. The van der Waals surface area contributed by atoms with E-state index in [1.54, 1.807) is 0 Å². The third-order valence-electron chi connectivity index (χ3n) is 3.78. The van der Waals surface area contributed by atoms with Crippen molar-refractivity contribution in [3.8, 4) is 0 Å². The van der Waals surface area contributed by atoms with Crippen LogP contribution in [0, 0.1) is 12.3 Å². The van der Waals surface area contributed by atoms with Crippen molar-refractivity contribution in [3.05, 3.63) is 34.3 Å². The van der Waals surface area contributed by atoms with Gasteiger partial charge in [0.05, 0.1) is 0 Å². The largest absolute Gasteiger partial charge is 0.381 e. The molecule has 1 N–H and O–H groups in total. The summed E-state index contributed by atoms with van der Waals surface area (Å²) >= 11 is 6.23. The summed E-state index contributed by atoms with van der Waals surface area (Å²) in [4.78, 5) is 0. The molecule has 1 saturated heterocycles. The van der Waals surface area contributed by atoms with Crippen molar-refractivity contribution in [1.29, 1.82) is 0 Å². The van der Waals surface area contributed by atoms with Crippen LogP contribution in [0.4, 0.5) is 0 Å². The van der Waals surface area contributed by atoms with Crippen molar-refractivity contribution < 1.29 is 4.74 Å². The van der Waals surface area contributed by atoms with E-state index in [1.807, 2.05) is 6.07 Å². The first-order valence-electron chi connectivity index (χ1n) is 6.63. The van der Waals surface area contributed by atoms with Crippen molar-refractivity contribution in [2.45, 2.75) is 33.2 Å². The summed E-state index contributed by atoms with van der Waals surface area (Å²) in [7, 11) is 0. The average Bonchev–Trinajstić information content (AvgIpc) is 2.33. The predicted octanol–water partition coefficient (Wildman–Crippen LogP) is 3.55. The molecule has 1 aromatic rings. The van der Waals surface area contributed by atoms with Crippen LogP contribution in [0.15, 0.2) is 18.2 Å². The third kappa shape index (κ3) is 3.71. The summed E-state index contributed by atoms with van der Waals surface area (Å²) in [5.41, 5.74) is 2.76. The molecule has 2 rings (SSSR count). The van der Waals surface area contributed by atoms with E-state index < -0.39 is 0 Å². The Labute approximate surface area is 115 Å². The van der Waals surface area contributed by atoms with Gasteiger partial charge in [-0.3, -0.25) is 0 Å². The van der Waals surface area contributed by atoms with Gasteiger partial charge in [-0.15, -0.1) is 0 Å². The van der Waals surface area contributed by atoms with Gasteiger partial charge in [0.2, 0.25) is 0 Å².